The highest BCUT2D eigenvalue weighted by molar-refractivity contribution is 5.96. The number of hydrogen-bond acceptors (Lipinski definition) is 4. The number of carboxylic acids is 1. The molecule has 5 rings (SSSR count). The van der Waals surface area contributed by atoms with Gasteiger partial charge < -0.3 is 20.1 Å². The van der Waals surface area contributed by atoms with E-state index < -0.39 is 5.97 Å². The number of aromatic carboxylic acids is 1. The van der Waals surface area contributed by atoms with Gasteiger partial charge >= 0.3 is 5.97 Å². The molecule has 6 nitrogen and oxygen atoms in total. The number of nitrogens with one attached hydrogen (secondary N) is 1. The molecule has 37 heavy (non-hydrogen) atoms. The van der Waals surface area contributed by atoms with Gasteiger partial charge in [-0.05, 0) is 58.7 Å². The van der Waals surface area contributed by atoms with E-state index >= 15 is 0 Å². The Morgan fingerprint density at radius 1 is 0.919 bits per heavy atom. The molecule has 0 unspecified atom stereocenters. The van der Waals surface area contributed by atoms with Crippen LogP contribution in [-0.4, -0.2) is 30.1 Å². The number of anilines is 1. The molecule has 0 saturated heterocycles. The summed E-state index contributed by atoms with van der Waals surface area (Å²) in [6.45, 7) is 2.15. The second kappa shape index (κ2) is 10.5. The molecule has 2 N–H and O–H groups in total. The fourth-order valence-electron chi connectivity index (χ4n) is 4.40. The number of benzene rings is 4. The molecule has 0 saturated carbocycles. The number of fused-ring (bicyclic) bond motifs is 1. The molecule has 0 atom stereocenters. The Morgan fingerprint density at radius 2 is 1.65 bits per heavy atom. The molecule has 0 spiro atoms. The maximum absolute atomic E-state index is 13.1. The number of carboxylic acid groups (broad SMARTS) is 1. The van der Waals surface area contributed by atoms with Gasteiger partial charge in [-0.15, -0.1) is 0 Å². The van der Waals surface area contributed by atoms with Crippen LogP contribution in [0.2, 0.25) is 0 Å². The van der Waals surface area contributed by atoms with Crippen molar-refractivity contribution in [3.05, 3.63) is 119 Å². The third kappa shape index (κ3) is 5.46. The average Bonchev–Trinajstić information content (AvgIpc) is 2.93. The van der Waals surface area contributed by atoms with Crippen molar-refractivity contribution >= 4 is 17.6 Å². The van der Waals surface area contributed by atoms with E-state index in [0.717, 1.165) is 22.4 Å². The fourth-order valence-corrected chi connectivity index (χ4v) is 4.40. The SMILES string of the molecule is O=C(NCc1ccc(F)cc1)c1ccc2c(c1)OCCN2Cc1ccc(-c2ccccc2C(=O)O)cc1. The second-order valence-corrected chi connectivity index (χ2v) is 8.81. The van der Waals surface area contributed by atoms with Crippen LogP contribution in [-0.2, 0) is 13.1 Å². The van der Waals surface area contributed by atoms with Crippen LogP contribution >= 0.6 is 0 Å². The highest BCUT2D eigenvalue weighted by Crippen LogP contribution is 2.34. The highest BCUT2D eigenvalue weighted by atomic mass is 19.1. The molecule has 1 aliphatic rings. The van der Waals surface area contributed by atoms with Gasteiger partial charge in [0.2, 0.25) is 0 Å². The molecule has 1 aliphatic heterocycles. The van der Waals surface area contributed by atoms with Crippen LogP contribution in [0.5, 0.6) is 5.75 Å². The first-order valence-electron chi connectivity index (χ1n) is 11.9. The standard InChI is InChI=1S/C30H25FN2O4/c31-24-12-7-20(8-13-24)18-32-29(34)23-11-14-27-28(17-23)37-16-15-33(27)19-21-5-9-22(10-6-21)25-3-1-2-4-26(25)30(35)36/h1-14,17H,15-16,18-19H2,(H,32,34)(H,35,36). The summed E-state index contributed by atoms with van der Waals surface area (Å²) < 4.78 is 18.9. The Balaban J connectivity index is 1.27. The number of carbonyl (C=O) groups is 2. The van der Waals surface area contributed by atoms with Crippen molar-refractivity contribution in [2.45, 2.75) is 13.1 Å². The molecule has 0 fully saturated rings. The van der Waals surface area contributed by atoms with Crippen LogP contribution in [0.1, 0.15) is 31.8 Å². The monoisotopic (exact) mass is 496 g/mol. The number of hydrogen-bond donors (Lipinski definition) is 2. The molecule has 1 amide bonds. The van der Waals surface area contributed by atoms with Crippen molar-refractivity contribution in [2.24, 2.45) is 0 Å². The van der Waals surface area contributed by atoms with E-state index in [1.54, 1.807) is 36.4 Å². The first-order valence-corrected chi connectivity index (χ1v) is 11.9. The van der Waals surface area contributed by atoms with Crippen molar-refractivity contribution in [3.8, 4) is 16.9 Å². The van der Waals surface area contributed by atoms with Gasteiger partial charge in [0.1, 0.15) is 18.2 Å². The zero-order valence-corrected chi connectivity index (χ0v) is 20.0. The Hall–Kier alpha value is -4.65. The van der Waals surface area contributed by atoms with Crippen molar-refractivity contribution in [3.63, 3.8) is 0 Å². The summed E-state index contributed by atoms with van der Waals surface area (Å²) in [5.74, 6) is -0.850. The smallest absolute Gasteiger partial charge is 0.336 e. The average molecular weight is 497 g/mol. The summed E-state index contributed by atoms with van der Waals surface area (Å²) in [6, 6.07) is 26.3. The van der Waals surface area contributed by atoms with Gasteiger partial charge in [0.05, 0.1) is 17.8 Å². The molecule has 0 aliphatic carbocycles. The minimum atomic E-state index is -0.951. The number of carbonyl (C=O) groups excluding carboxylic acids is 1. The summed E-state index contributed by atoms with van der Waals surface area (Å²) >= 11 is 0. The summed E-state index contributed by atoms with van der Waals surface area (Å²) in [4.78, 5) is 26.4. The van der Waals surface area contributed by atoms with Crippen molar-refractivity contribution in [1.82, 2.24) is 5.32 Å². The van der Waals surface area contributed by atoms with Crippen LogP contribution in [0.25, 0.3) is 11.1 Å². The molecule has 1 heterocycles. The number of halogens is 1. The molecule has 4 aromatic rings. The van der Waals surface area contributed by atoms with Gasteiger partial charge in [-0.1, -0.05) is 54.6 Å². The zero-order chi connectivity index (χ0) is 25.8. The van der Waals surface area contributed by atoms with Gasteiger partial charge in [0.25, 0.3) is 5.91 Å². The van der Waals surface area contributed by atoms with E-state index in [1.165, 1.54) is 12.1 Å². The third-order valence-corrected chi connectivity index (χ3v) is 6.34. The van der Waals surface area contributed by atoms with Gasteiger partial charge in [-0.25, -0.2) is 9.18 Å². The van der Waals surface area contributed by atoms with Gasteiger partial charge in [-0.2, -0.15) is 0 Å². The normalized spacial score (nSPS) is 12.4. The number of ether oxygens (including phenoxy) is 1. The maximum atomic E-state index is 13.1. The Morgan fingerprint density at radius 3 is 2.41 bits per heavy atom. The minimum Gasteiger partial charge on any atom is -0.490 e. The largest absolute Gasteiger partial charge is 0.490 e. The lowest BCUT2D eigenvalue weighted by Gasteiger charge is -2.31. The van der Waals surface area contributed by atoms with Crippen LogP contribution in [0, 0.1) is 5.82 Å². The number of rotatable bonds is 7. The molecule has 186 valence electrons. The maximum Gasteiger partial charge on any atom is 0.336 e. The lowest BCUT2D eigenvalue weighted by molar-refractivity contribution is 0.0697. The quantitative estimate of drug-likeness (QED) is 0.352. The first kappa shape index (κ1) is 24.1. The van der Waals surface area contributed by atoms with E-state index in [9.17, 15) is 19.1 Å². The third-order valence-electron chi connectivity index (χ3n) is 6.34. The Bertz CT molecular complexity index is 1440. The summed E-state index contributed by atoms with van der Waals surface area (Å²) in [6.07, 6.45) is 0. The summed E-state index contributed by atoms with van der Waals surface area (Å²) in [5, 5.41) is 12.3. The minimum absolute atomic E-state index is 0.231. The van der Waals surface area contributed by atoms with Gasteiger partial charge in [0, 0.05) is 18.7 Å². The van der Waals surface area contributed by atoms with Crippen LogP contribution in [0.4, 0.5) is 10.1 Å². The van der Waals surface area contributed by atoms with E-state index in [-0.39, 0.29) is 17.3 Å². The fraction of sp³-hybridized carbons (Fsp3) is 0.133. The van der Waals surface area contributed by atoms with Crippen molar-refractivity contribution < 1.29 is 23.8 Å². The molecular formula is C30H25FN2O4. The molecule has 0 radical (unpaired) electrons. The molecule has 7 heteroatoms. The Kier molecular flexibility index (Phi) is 6.85. The van der Waals surface area contributed by atoms with E-state index in [0.29, 0.717) is 43.1 Å². The van der Waals surface area contributed by atoms with Crippen LogP contribution in [0.3, 0.4) is 0 Å². The van der Waals surface area contributed by atoms with Crippen molar-refractivity contribution in [1.29, 1.82) is 0 Å². The zero-order valence-electron chi connectivity index (χ0n) is 20.0. The number of nitrogens with zero attached hydrogens (tertiary/aromatic N) is 1. The topological polar surface area (TPSA) is 78.9 Å². The molecule has 0 bridgehead atoms. The first-order chi connectivity index (χ1) is 18.0. The van der Waals surface area contributed by atoms with E-state index in [1.807, 2.05) is 42.5 Å². The highest BCUT2D eigenvalue weighted by Gasteiger charge is 2.20. The predicted molar refractivity (Wildman–Crippen MR) is 139 cm³/mol. The van der Waals surface area contributed by atoms with Crippen LogP contribution < -0.4 is 15.0 Å². The summed E-state index contributed by atoms with van der Waals surface area (Å²) in [5.41, 5.74) is 5.09. The van der Waals surface area contributed by atoms with Crippen LogP contribution in [0.15, 0.2) is 91.0 Å². The lowest BCUT2D eigenvalue weighted by atomic mass is 9.98. The van der Waals surface area contributed by atoms with E-state index in [4.69, 9.17) is 4.74 Å². The van der Waals surface area contributed by atoms with Crippen molar-refractivity contribution in [2.75, 3.05) is 18.1 Å². The van der Waals surface area contributed by atoms with Gasteiger partial charge in [0.15, 0.2) is 0 Å². The molecular weight excluding hydrogens is 471 g/mol. The van der Waals surface area contributed by atoms with Gasteiger partial charge in [-0.3, -0.25) is 4.79 Å². The predicted octanol–water partition coefficient (Wildman–Crippen LogP) is 5.52. The number of amides is 1. The lowest BCUT2D eigenvalue weighted by Crippen LogP contribution is -2.32. The second-order valence-electron chi connectivity index (χ2n) is 8.81. The summed E-state index contributed by atoms with van der Waals surface area (Å²) in [7, 11) is 0. The van der Waals surface area contributed by atoms with E-state index in [2.05, 4.69) is 10.2 Å². The molecule has 4 aromatic carbocycles. The molecule has 0 aromatic heterocycles. The Labute approximate surface area is 213 Å².